The Hall–Kier alpha value is -2.63. The van der Waals surface area contributed by atoms with Crippen LogP contribution in [0.25, 0.3) is 0 Å². The molecule has 0 aliphatic rings. The van der Waals surface area contributed by atoms with Crippen LogP contribution in [0.15, 0.2) is 24.3 Å². The van der Waals surface area contributed by atoms with Gasteiger partial charge in [0.2, 0.25) is 11.8 Å². The number of hydrogen-bond acceptors (Lipinski definition) is 3. The van der Waals surface area contributed by atoms with Gasteiger partial charge in [-0.25, -0.2) is 0 Å². The molecule has 2 aromatic rings. The van der Waals surface area contributed by atoms with Crippen molar-refractivity contribution in [2.45, 2.75) is 47.6 Å². The van der Waals surface area contributed by atoms with Crippen molar-refractivity contribution in [3.63, 3.8) is 0 Å². The van der Waals surface area contributed by atoms with Gasteiger partial charge in [-0.15, -0.1) is 0 Å². The van der Waals surface area contributed by atoms with E-state index in [1.807, 2.05) is 49.7 Å². The van der Waals surface area contributed by atoms with E-state index in [0.717, 1.165) is 34.7 Å². The Labute approximate surface area is 161 Å². The summed E-state index contributed by atoms with van der Waals surface area (Å²) in [4.78, 5) is 26.3. The van der Waals surface area contributed by atoms with Crippen LogP contribution in [0.3, 0.4) is 0 Å². The lowest BCUT2D eigenvalue weighted by molar-refractivity contribution is -0.132. The molecule has 0 unspecified atom stereocenters. The molecule has 1 N–H and O–H groups in total. The number of aryl methyl sites for hydroxylation is 2. The minimum Gasteiger partial charge on any atom is -0.336 e. The standard InChI is InChI=1S/C21H30N4O2/c1-14(2)12-25-17(5)19(16(4)23-25)11-21(27)24(6)13-20(26)22-18-9-7-15(3)8-10-18/h7-10,14H,11-13H2,1-6H3,(H,22,26). The highest BCUT2D eigenvalue weighted by Gasteiger charge is 2.19. The van der Waals surface area contributed by atoms with E-state index < -0.39 is 0 Å². The number of likely N-dealkylation sites (N-methyl/N-ethyl adjacent to an activating group) is 1. The van der Waals surface area contributed by atoms with E-state index in [1.165, 1.54) is 4.90 Å². The largest absolute Gasteiger partial charge is 0.336 e. The van der Waals surface area contributed by atoms with Crippen LogP contribution < -0.4 is 5.32 Å². The summed E-state index contributed by atoms with van der Waals surface area (Å²) >= 11 is 0. The predicted molar refractivity (Wildman–Crippen MR) is 108 cm³/mol. The van der Waals surface area contributed by atoms with Crippen molar-refractivity contribution in [1.29, 1.82) is 0 Å². The van der Waals surface area contributed by atoms with Gasteiger partial charge in [-0.3, -0.25) is 14.3 Å². The molecule has 6 nitrogen and oxygen atoms in total. The van der Waals surface area contributed by atoms with Crippen molar-refractivity contribution in [2.24, 2.45) is 5.92 Å². The van der Waals surface area contributed by atoms with E-state index in [9.17, 15) is 9.59 Å². The highest BCUT2D eigenvalue weighted by Crippen LogP contribution is 2.16. The van der Waals surface area contributed by atoms with E-state index >= 15 is 0 Å². The second-order valence-electron chi connectivity index (χ2n) is 7.57. The zero-order valence-electron chi connectivity index (χ0n) is 17.2. The van der Waals surface area contributed by atoms with Gasteiger partial charge in [0.25, 0.3) is 0 Å². The van der Waals surface area contributed by atoms with Crippen molar-refractivity contribution in [3.8, 4) is 0 Å². The maximum atomic E-state index is 12.6. The minimum absolute atomic E-state index is 0.0188. The molecule has 1 heterocycles. The zero-order chi connectivity index (χ0) is 20.1. The third-order valence-corrected chi connectivity index (χ3v) is 4.54. The summed E-state index contributed by atoms with van der Waals surface area (Å²) in [7, 11) is 1.65. The molecular weight excluding hydrogens is 340 g/mol. The van der Waals surface area contributed by atoms with Gasteiger partial charge in [0.1, 0.15) is 0 Å². The molecule has 1 aromatic carbocycles. The van der Waals surface area contributed by atoms with Crippen LogP contribution in [-0.4, -0.2) is 40.1 Å². The van der Waals surface area contributed by atoms with Crippen LogP contribution in [0.4, 0.5) is 5.69 Å². The summed E-state index contributed by atoms with van der Waals surface area (Å²) in [6.07, 6.45) is 0.254. The molecular formula is C21H30N4O2. The second-order valence-corrected chi connectivity index (χ2v) is 7.57. The van der Waals surface area contributed by atoms with E-state index in [2.05, 4.69) is 24.3 Å². The van der Waals surface area contributed by atoms with Gasteiger partial charge < -0.3 is 10.2 Å². The van der Waals surface area contributed by atoms with Gasteiger partial charge in [-0.2, -0.15) is 5.10 Å². The Morgan fingerprint density at radius 1 is 1.15 bits per heavy atom. The Balaban J connectivity index is 1.96. The Morgan fingerprint density at radius 3 is 2.37 bits per heavy atom. The summed E-state index contributed by atoms with van der Waals surface area (Å²) in [5.74, 6) is 0.183. The lowest BCUT2D eigenvalue weighted by Crippen LogP contribution is -2.36. The fraction of sp³-hybridized carbons (Fsp3) is 0.476. The maximum absolute atomic E-state index is 12.6. The van der Waals surface area contributed by atoms with Crippen molar-refractivity contribution in [2.75, 3.05) is 18.9 Å². The monoisotopic (exact) mass is 370 g/mol. The van der Waals surface area contributed by atoms with Crippen LogP contribution >= 0.6 is 0 Å². The predicted octanol–water partition coefficient (Wildman–Crippen LogP) is 3.10. The summed E-state index contributed by atoms with van der Waals surface area (Å²) in [6.45, 7) is 11.0. The van der Waals surface area contributed by atoms with Crippen LogP contribution in [0.1, 0.15) is 36.4 Å². The first-order valence-corrected chi connectivity index (χ1v) is 9.30. The first-order valence-electron chi connectivity index (χ1n) is 9.30. The molecule has 0 saturated heterocycles. The first kappa shape index (κ1) is 20.7. The molecule has 0 spiro atoms. The van der Waals surface area contributed by atoms with E-state index in [4.69, 9.17) is 0 Å². The fourth-order valence-electron chi connectivity index (χ4n) is 2.94. The van der Waals surface area contributed by atoms with Crippen molar-refractivity contribution in [1.82, 2.24) is 14.7 Å². The van der Waals surface area contributed by atoms with Crippen molar-refractivity contribution < 1.29 is 9.59 Å². The molecule has 146 valence electrons. The number of anilines is 1. The molecule has 6 heteroatoms. The Morgan fingerprint density at radius 2 is 1.78 bits per heavy atom. The van der Waals surface area contributed by atoms with E-state index in [1.54, 1.807) is 7.05 Å². The number of amides is 2. The topological polar surface area (TPSA) is 67.2 Å². The summed E-state index contributed by atoms with van der Waals surface area (Å²) in [5, 5.41) is 7.37. The molecule has 0 fully saturated rings. The van der Waals surface area contributed by atoms with Gasteiger partial charge >= 0.3 is 0 Å². The molecule has 2 amide bonds. The number of carbonyl (C=O) groups is 2. The Bertz CT molecular complexity index is 806. The number of nitrogens with one attached hydrogen (secondary N) is 1. The molecule has 0 aliphatic carbocycles. The third kappa shape index (κ3) is 5.67. The average Bonchev–Trinajstić information content (AvgIpc) is 2.83. The number of nitrogens with zero attached hydrogens (tertiary/aromatic N) is 3. The van der Waals surface area contributed by atoms with Gasteiger partial charge in [0, 0.05) is 30.5 Å². The number of benzene rings is 1. The molecule has 0 saturated carbocycles. The van der Waals surface area contributed by atoms with Crippen LogP contribution in [0.5, 0.6) is 0 Å². The molecule has 0 atom stereocenters. The van der Waals surface area contributed by atoms with Gasteiger partial charge in [-0.05, 0) is 38.8 Å². The van der Waals surface area contributed by atoms with Crippen LogP contribution in [-0.2, 0) is 22.6 Å². The first-order chi connectivity index (χ1) is 12.7. The van der Waals surface area contributed by atoms with Crippen LogP contribution in [0.2, 0.25) is 0 Å². The fourth-order valence-corrected chi connectivity index (χ4v) is 2.94. The average molecular weight is 370 g/mol. The van der Waals surface area contributed by atoms with E-state index in [0.29, 0.717) is 5.92 Å². The lowest BCUT2D eigenvalue weighted by atomic mass is 10.1. The van der Waals surface area contributed by atoms with Gasteiger partial charge in [-0.1, -0.05) is 31.5 Å². The number of hydrogen-bond donors (Lipinski definition) is 1. The molecule has 0 bridgehead atoms. The summed E-state index contributed by atoms with van der Waals surface area (Å²) < 4.78 is 1.96. The normalized spacial score (nSPS) is 10.9. The SMILES string of the molecule is Cc1ccc(NC(=O)CN(C)C(=O)Cc2c(C)nn(CC(C)C)c2C)cc1. The van der Waals surface area contributed by atoms with E-state index in [-0.39, 0.29) is 24.8 Å². The lowest BCUT2D eigenvalue weighted by Gasteiger charge is -2.17. The number of rotatable bonds is 7. The van der Waals surface area contributed by atoms with Crippen LogP contribution in [0, 0.1) is 26.7 Å². The molecule has 1 aromatic heterocycles. The van der Waals surface area contributed by atoms with Gasteiger partial charge in [0.15, 0.2) is 0 Å². The molecule has 0 radical (unpaired) electrons. The third-order valence-electron chi connectivity index (χ3n) is 4.54. The zero-order valence-corrected chi connectivity index (χ0v) is 17.2. The van der Waals surface area contributed by atoms with Gasteiger partial charge in [0.05, 0.1) is 18.7 Å². The highest BCUT2D eigenvalue weighted by molar-refractivity contribution is 5.94. The minimum atomic E-state index is -0.210. The Kier molecular flexibility index (Phi) is 6.77. The summed E-state index contributed by atoms with van der Waals surface area (Å²) in [5.41, 5.74) is 4.70. The highest BCUT2D eigenvalue weighted by atomic mass is 16.2. The molecule has 27 heavy (non-hydrogen) atoms. The van der Waals surface area contributed by atoms with Crippen molar-refractivity contribution in [3.05, 3.63) is 46.8 Å². The number of carbonyl (C=O) groups excluding carboxylic acids is 2. The summed E-state index contributed by atoms with van der Waals surface area (Å²) in [6, 6.07) is 7.57. The van der Waals surface area contributed by atoms with Crippen molar-refractivity contribution >= 4 is 17.5 Å². The molecule has 2 rings (SSSR count). The molecule has 0 aliphatic heterocycles. The second kappa shape index (κ2) is 8.84. The quantitative estimate of drug-likeness (QED) is 0.814. The maximum Gasteiger partial charge on any atom is 0.243 e. The number of aromatic nitrogens is 2. The smallest absolute Gasteiger partial charge is 0.243 e.